The van der Waals surface area contributed by atoms with Crippen LogP contribution in [0.4, 0.5) is 5.69 Å². The SMILES string of the molecule is O=C(Cc1ccccc1)Nc1c[c][c]cc1. The van der Waals surface area contributed by atoms with Crippen molar-refractivity contribution < 1.29 is 4.79 Å². The van der Waals surface area contributed by atoms with Crippen LogP contribution in [-0.2, 0) is 11.2 Å². The van der Waals surface area contributed by atoms with Gasteiger partial charge in [0.1, 0.15) is 0 Å². The molecule has 2 aromatic rings. The van der Waals surface area contributed by atoms with Gasteiger partial charge < -0.3 is 5.32 Å². The van der Waals surface area contributed by atoms with Gasteiger partial charge in [0, 0.05) is 5.69 Å². The van der Waals surface area contributed by atoms with E-state index in [1.165, 1.54) is 0 Å². The van der Waals surface area contributed by atoms with Gasteiger partial charge in [-0.3, -0.25) is 4.79 Å². The third-order valence-electron chi connectivity index (χ3n) is 2.15. The molecule has 2 rings (SSSR count). The fraction of sp³-hybridized carbons (Fsp3) is 0.0714. The molecule has 0 saturated heterocycles. The Bertz CT molecular complexity index is 407. The van der Waals surface area contributed by atoms with Crippen LogP contribution in [0.2, 0.25) is 0 Å². The summed E-state index contributed by atoms with van der Waals surface area (Å²) in [6.07, 6.45) is 0.388. The minimum absolute atomic E-state index is 0.0224. The van der Waals surface area contributed by atoms with Gasteiger partial charge in [-0.05, 0) is 29.8 Å². The second-order valence-corrected chi connectivity index (χ2v) is 3.43. The molecular formula is C14H11NO. The molecule has 2 radical (unpaired) electrons. The molecule has 2 nitrogen and oxygen atoms in total. The van der Waals surface area contributed by atoms with Crippen molar-refractivity contribution in [3.8, 4) is 0 Å². The van der Waals surface area contributed by atoms with Crippen LogP contribution in [0.1, 0.15) is 5.56 Å². The maximum absolute atomic E-state index is 11.6. The van der Waals surface area contributed by atoms with Crippen molar-refractivity contribution in [3.63, 3.8) is 0 Å². The first-order valence-electron chi connectivity index (χ1n) is 5.06. The summed E-state index contributed by atoms with van der Waals surface area (Å²) in [5.74, 6) is -0.0224. The molecule has 0 heterocycles. The van der Waals surface area contributed by atoms with Crippen LogP contribution in [0, 0.1) is 12.1 Å². The Kier molecular flexibility index (Phi) is 3.34. The first-order valence-corrected chi connectivity index (χ1v) is 5.06. The molecule has 0 unspecified atom stereocenters. The Morgan fingerprint density at radius 2 is 1.94 bits per heavy atom. The molecular weight excluding hydrogens is 198 g/mol. The van der Waals surface area contributed by atoms with Gasteiger partial charge in [-0.2, -0.15) is 0 Å². The van der Waals surface area contributed by atoms with Gasteiger partial charge in [0.15, 0.2) is 0 Å². The summed E-state index contributed by atoms with van der Waals surface area (Å²) in [7, 11) is 0. The van der Waals surface area contributed by atoms with Crippen LogP contribution in [0.15, 0.2) is 48.5 Å². The highest BCUT2D eigenvalue weighted by Gasteiger charge is 2.02. The van der Waals surface area contributed by atoms with Crippen LogP contribution in [0.3, 0.4) is 0 Å². The molecule has 0 spiro atoms. The first kappa shape index (κ1) is 10.4. The zero-order chi connectivity index (χ0) is 11.2. The van der Waals surface area contributed by atoms with Crippen molar-refractivity contribution in [3.05, 3.63) is 66.2 Å². The molecule has 0 bridgehead atoms. The van der Waals surface area contributed by atoms with E-state index in [1.807, 2.05) is 30.3 Å². The summed E-state index contributed by atoms with van der Waals surface area (Å²) in [6.45, 7) is 0. The van der Waals surface area contributed by atoms with E-state index in [1.54, 1.807) is 18.2 Å². The lowest BCUT2D eigenvalue weighted by molar-refractivity contribution is -0.115. The molecule has 1 N–H and O–H groups in total. The maximum Gasteiger partial charge on any atom is 0.228 e. The number of rotatable bonds is 3. The van der Waals surface area contributed by atoms with Crippen LogP contribution in [0.25, 0.3) is 0 Å². The third kappa shape index (κ3) is 2.95. The second-order valence-electron chi connectivity index (χ2n) is 3.43. The predicted molar refractivity (Wildman–Crippen MR) is 62.9 cm³/mol. The molecule has 1 amide bonds. The van der Waals surface area contributed by atoms with Crippen LogP contribution >= 0.6 is 0 Å². The molecule has 0 fully saturated rings. The normalized spacial score (nSPS) is 9.75. The number of amides is 1. The summed E-state index contributed by atoms with van der Waals surface area (Å²) < 4.78 is 0. The van der Waals surface area contributed by atoms with Gasteiger partial charge in [0.05, 0.1) is 6.42 Å². The fourth-order valence-electron chi connectivity index (χ4n) is 1.41. The van der Waals surface area contributed by atoms with Gasteiger partial charge in [-0.25, -0.2) is 0 Å². The van der Waals surface area contributed by atoms with E-state index in [0.717, 1.165) is 11.3 Å². The highest BCUT2D eigenvalue weighted by Crippen LogP contribution is 2.06. The monoisotopic (exact) mass is 209 g/mol. The number of anilines is 1. The Balaban J connectivity index is 1.95. The van der Waals surface area contributed by atoms with E-state index in [9.17, 15) is 4.79 Å². The standard InChI is InChI=1S/C14H11NO/c16-14(11-12-7-3-1-4-8-12)15-13-9-5-2-6-10-13/h1,3-5,7-10H,11H2,(H,15,16). The maximum atomic E-state index is 11.6. The minimum Gasteiger partial charge on any atom is -0.326 e. The van der Waals surface area contributed by atoms with Crippen molar-refractivity contribution in [2.75, 3.05) is 5.32 Å². The van der Waals surface area contributed by atoms with Gasteiger partial charge in [-0.1, -0.05) is 36.4 Å². The lowest BCUT2D eigenvalue weighted by atomic mass is 10.1. The van der Waals surface area contributed by atoms with Gasteiger partial charge in [0.2, 0.25) is 5.91 Å². The van der Waals surface area contributed by atoms with Crippen molar-refractivity contribution in [1.29, 1.82) is 0 Å². The molecule has 0 aliphatic rings. The quantitative estimate of drug-likeness (QED) is 0.826. The Labute approximate surface area is 94.9 Å². The smallest absolute Gasteiger partial charge is 0.228 e. The molecule has 0 atom stereocenters. The number of hydrogen-bond acceptors (Lipinski definition) is 1. The summed E-state index contributed by atoms with van der Waals surface area (Å²) in [5.41, 5.74) is 1.76. The van der Waals surface area contributed by atoms with Crippen molar-refractivity contribution >= 4 is 11.6 Å². The molecule has 0 aliphatic carbocycles. The van der Waals surface area contributed by atoms with E-state index in [-0.39, 0.29) is 5.91 Å². The van der Waals surface area contributed by atoms with Gasteiger partial charge in [-0.15, -0.1) is 0 Å². The molecule has 16 heavy (non-hydrogen) atoms. The zero-order valence-electron chi connectivity index (χ0n) is 8.73. The highest BCUT2D eigenvalue weighted by molar-refractivity contribution is 5.92. The van der Waals surface area contributed by atoms with Crippen LogP contribution in [-0.4, -0.2) is 5.91 Å². The van der Waals surface area contributed by atoms with Crippen LogP contribution in [0.5, 0.6) is 0 Å². The number of carbonyl (C=O) groups excluding carboxylic acids is 1. The molecule has 2 aromatic carbocycles. The van der Waals surface area contributed by atoms with E-state index in [2.05, 4.69) is 17.4 Å². The Morgan fingerprint density at radius 3 is 2.62 bits per heavy atom. The number of hydrogen-bond donors (Lipinski definition) is 1. The summed E-state index contributed by atoms with van der Waals surface area (Å²) in [5, 5.41) is 2.80. The summed E-state index contributed by atoms with van der Waals surface area (Å²) in [4.78, 5) is 11.6. The van der Waals surface area contributed by atoms with Crippen LogP contribution < -0.4 is 5.32 Å². The summed E-state index contributed by atoms with van der Waals surface area (Å²) in [6, 6.07) is 20.4. The van der Waals surface area contributed by atoms with Crippen molar-refractivity contribution in [1.82, 2.24) is 0 Å². The van der Waals surface area contributed by atoms with E-state index in [4.69, 9.17) is 0 Å². The average Bonchev–Trinajstić information content (AvgIpc) is 2.31. The number of benzene rings is 2. The van der Waals surface area contributed by atoms with Crippen molar-refractivity contribution in [2.45, 2.75) is 6.42 Å². The summed E-state index contributed by atoms with van der Waals surface area (Å²) >= 11 is 0. The molecule has 0 saturated carbocycles. The highest BCUT2D eigenvalue weighted by atomic mass is 16.1. The first-order chi connectivity index (χ1) is 7.84. The molecule has 2 heteroatoms. The zero-order valence-corrected chi connectivity index (χ0v) is 8.73. The Hall–Kier alpha value is -2.09. The van der Waals surface area contributed by atoms with E-state index < -0.39 is 0 Å². The molecule has 78 valence electrons. The van der Waals surface area contributed by atoms with Gasteiger partial charge >= 0.3 is 0 Å². The van der Waals surface area contributed by atoms with Crippen molar-refractivity contribution in [2.24, 2.45) is 0 Å². The minimum atomic E-state index is -0.0224. The fourth-order valence-corrected chi connectivity index (χ4v) is 1.41. The topological polar surface area (TPSA) is 29.1 Å². The van der Waals surface area contributed by atoms with Gasteiger partial charge in [0.25, 0.3) is 0 Å². The number of carbonyl (C=O) groups is 1. The predicted octanol–water partition coefficient (Wildman–Crippen LogP) is 2.47. The second kappa shape index (κ2) is 5.12. The average molecular weight is 209 g/mol. The lowest BCUT2D eigenvalue weighted by Gasteiger charge is -2.04. The molecule has 0 aliphatic heterocycles. The molecule has 0 aromatic heterocycles. The lowest BCUT2D eigenvalue weighted by Crippen LogP contribution is -2.14. The third-order valence-corrected chi connectivity index (χ3v) is 2.15. The number of nitrogens with one attached hydrogen (secondary N) is 1. The Morgan fingerprint density at radius 1 is 1.12 bits per heavy atom. The largest absolute Gasteiger partial charge is 0.326 e. The van der Waals surface area contributed by atoms with E-state index >= 15 is 0 Å². The van der Waals surface area contributed by atoms with E-state index in [0.29, 0.717) is 6.42 Å².